The Hall–Kier alpha value is -3.55. The van der Waals surface area contributed by atoms with E-state index in [-0.39, 0.29) is 24.1 Å². The number of piperazine rings is 1. The van der Waals surface area contributed by atoms with E-state index in [0.29, 0.717) is 43.4 Å². The van der Waals surface area contributed by atoms with Crippen LogP contribution in [0.5, 0.6) is 5.75 Å². The highest BCUT2D eigenvalue weighted by molar-refractivity contribution is 5.93. The number of benzene rings is 1. The smallest absolute Gasteiger partial charge is 0.276 e. The van der Waals surface area contributed by atoms with Crippen molar-refractivity contribution in [3.05, 3.63) is 60.0 Å². The van der Waals surface area contributed by atoms with Crippen LogP contribution in [0.2, 0.25) is 0 Å². The monoisotopic (exact) mass is 395 g/mol. The lowest BCUT2D eigenvalue weighted by molar-refractivity contribution is -0.134. The van der Waals surface area contributed by atoms with E-state index in [4.69, 9.17) is 13.7 Å². The fraction of sp³-hybridized carbons (Fsp3) is 0.286. The number of amides is 2. The minimum atomic E-state index is -0.227. The zero-order valence-corrected chi connectivity index (χ0v) is 16.0. The van der Waals surface area contributed by atoms with Gasteiger partial charge in [-0.2, -0.15) is 0 Å². The first-order valence-electron chi connectivity index (χ1n) is 9.37. The fourth-order valence-electron chi connectivity index (χ4n) is 3.10. The summed E-state index contributed by atoms with van der Waals surface area (Å²) in [7, 11) is 0. The highest BCUT2D eigenvalue weighted by Gasteiger charge is 2.27. The first kappa shape index (κ1) is 18.8. The van der Waals surface area contributed by atoms with E-state index in [1.54, 1.807) is 28.0 Å². The number of aromatic nitrogens is 1. The maximum atomic E-state index is 12.6. The minimum Gasteiger partial charge on any atom is -0.484 e. The van der Waals surface area contributed by atoms with Gasteiger partial charge < -0.3 is 23.5 Å². The number of furan rings is 1. The summed E-state index contributed by atoms with van der Waals surface area (Å²) >= 11 is 0. The third-order valence-electron chi connectivity index (χ3n) is 4.80. The molecule has 0 bridgehead atoms. The van der Waals surface area contributed by atoms with Crippen molar-refractivity contribution in [3.63, 3.8) is 0 Å². The first-order chi connectivity index (χ1) is 14.1. The molecule has 3 aromatic rings. The molecule has 0 atom stereocenters. The Labute approximate surface area is 167 Å². The van der Waals surface area contributed by atoms with E-state index in [1.807, 2.05) is 31.2 Å². The standard InChI is InChI=1S/C21H21N3O5/c1-15-4-6-16(7-5-15)28-14-20(25)23-8-10-24(11-9-23)21(26)17-13-19(29-22-17)18-3-2-12-27-18/h2-7,12-13H,8-11,14H2,1H3. The van der Waals surface area contributed by atoms with E-state index in [2.05, 4.69) is 5.16 Å². The molecule has 0 spiro atoms. The van der Waals surface area contributed by atoms with E-state index in [9.17, 15) is 9.59 Å². The molecule has 1 saturated heterocycles. The molecule has 1 aliphatic rings. The summed E-state index contributed by atoms with van der Waals surface area (Å²) in [5.74, 6) is 1.26. The lowest BCUT2D eigenvalue weighted by Gasteiger charge is -2.34. The number of carbonyl (C=O) groups excluding carboxylic acids is 2. The van der Waals surface area contributed by atoms with Crippen LogP contribution in [-0.2, 0) is 4.79 Å². The average Bonchev–Trinajstić information content (AvgIpc) is 3.44. The van der Waals surface area contributed by atoms with Crippen LogP contribution in [0.1, 0.15) is 16.1 Å². The molecule has 4 rings (SSSR count). The zero-order valence-electron chi connectivity index (χ0n) is 16.0. The molecule has 0 radical (unpaired) electrons. The highest BCUT2D eigenvalue weighted by atomic mass is 16.5. The lowest BCUT2D eigenvalue weighted by Crippen LogP contribution is -2.51. The van der Waals surface area contributed by atoms with Gasteiger partial charge in [0, 0.05) is 32.2 Å². The van der Waals surface area contributed by atoms with E-state index in [1.165, 1.54) is 6.26 Å². The van der Waals surface area contributed by atoms with Crippen molar-refractivity contribution < 1.29 is 23.3 Å². The second kappa shape index (κ2) is 8.22. The Morgan fingerprint density at radius 3 is 2.45 bits per heavy atom. The van der Waals surface area contributed by atoms with E-state index < -0.39 is 0 Å². The molecule has 150 valence electrons. The topological polar surface area (TPSA) is 89.0 Å². The van der Waals surface area contributed by atoms with Gasteiger partial charge in [-0.3, -0.25) is 9.59 Å². The molecule has 0 saturated carbocycles. The molecule has 0 aliphatic carbocycles. The number of hydrogen-bond acceptors (Lipinski definition) is 6. The normalized spacial score (nSPS) is 14.1. The molecular weight excluding hydrogens is 374 g/mol. The molecule has 8 nitrogen and oxygen atoms in total. The zero-order chi connectivity index (χ0) is 20.2. The predicted molar refractivity (Wildman–Crippen MR) is 103 cm³/mol. The van der Waals surface area contributed by atoms with Gasteiger partial charge in [-0.15, -0.1) is 0 Å². The number of nitrogens with zero attached hydrogens (tertiary/aromatic N) is 3. The van der Waals surface area contributed by atoms with Crippen molar-refractivity contribution in [2.45, 2.75) is 6.92 Å². The number of aryl methyl sites for hydroxylation is 1. The Bertz CT molecular complexity index is 970. The van der Waals surface area contributed by atoms with Crippen LogP contribution in [0, 0.1) is 6.92 Å². The molecule has 2 aromatic heterocycles. The van der Waals surface area contributed by atoms with Gasteiger partial charge in [0.2, 0.25) is 5.76 Å². The van der Waals surface area contributed by atoms with Gasteiger partial charge in [-0.25, -0.2) is 0 Å². The molecule has 1 aliphatic heterocycles. The minimum absolute atomic E-state index is 0.0210. The van der Waals surface area contributed by atoms with Gasteiger partial charge >= 0.3 is 0 Å². The first-order valence-corrected chi connectivity index (χ1v) is 9.37. The van der Waals surface area contributed by atoms with Crippen LogP contribution in [-0.4, -0.2) is 59.6 Å². The Kier molecular flexibility index (Phi) is 5.33. The van der Waals surface area contributed by atoms with Crippen molar-refractivity contribution in [1.29, 1.82) is 0 Å². The van der Waals surface area contributed by atoms with Crippen molar-refractivity contribution in [2.75, 3.05) is 32.8 Å². The molecule has 8 heteroatoms. The van der Waals surface area contributed by atoms with Crippen LogP contribution in [0.4, 0.5) is 0 Å². The summed E-state index contributed by atoms with van der Waals surface area (Å²) in [5, 5.41) is 3.84. The van der Waals surface area contributed by atoms with Crippen LogP contribution >= 0.6 is 0 Å². The van der Waals surface area contributed by atoms with Gasteiger partial charge in [0.1, 0.15) is 5.75 Å². The molecule has 0 unspecified atom stereocenters. The van der Waals surface area contributed by atoms with Crippen LogP contribution in [0.3, 0.4) is 0 Å². The van der Waals surface area contributed by atoms with Crippen molar-refractivity contribution in [1.82, 2.24) is 15.0 Å². The Morgan fingerprint density at radius 1 is 1.03 bits per heavy atom. The summed E-state index contributed by atoms with van der Waals surface area (Å²) in [6.45, 7) is 3.73. The van der Waals surface area contributed by atoms with Crippen LogP contribution in [0.25, 0.3) is 11.5 Å². The van der Waals surface area contributed by atoms with Crippen molar-refractivity contribution in [3.8, 4) is 17.3 Å². The quantitative estimate of drug-likeness (QED) is 0.660. The number of ether oxygens (including phenoxy) is 1. The van der Waals surface area contributed by atoms with Crippen molar-refractivity contribution >= 4 is 11.8 Å². The molecule has 2 amide bonds. The summed E-state index contributed by atoms with van der Waals surface area (Å²) < 4.78 is 16.0. The summed E-state index contributed by atoms with van der Waals surface area (Å²) in [4.78, 5) is 28.4. The lowest BCUT2D eigenvalue weighted by atomic mass is 10.2. The molecular formula is C21H21N3O5. The Morgan fingerprint density at radius 2 is 1.76 bits per heavy atom. The second-order valence-corrected chi connectivity index (χ2v) is 6.83. The molecule has 0 N–H and O–H groups in total. The summed E-state index contributed by atoms with van der Waals surface area (Å²) in [6, 6.07) is 12.6. The van der Waals surface area contributed by atoms with Crippen LogP contribution in [0.15, 0.2) is 57.7 Å². The largest absolute Gasteiger partial charge is 0.484 e. The second-order valence-electron chi connectivity index (χ2n) is 6.83. The third-order valence-corrected chi connectivity index (χ3v) is 4.80. The fourth-order valence-corrected chi connectivity index (χ4v) is 3.10. The SMILES string of the molecule is Cc1ccc(OCC(=O)N2CCN(C(=O)c3cc(-c4ccco4)on3)CC2)cc1. The Balaban J connectivity index is 1.28. The van der Waals surface area contributed by atoms with Crippen LogP contribution < -0.4 is 4.74 Å². The van der Waals surface area contributed by atoms with Gasteiger partial charge in [-0.05, 0) is 31.2 Å². The highest BCUT2D eigenvalue weighted by Crippen LogP contribution is 2.21. The third kappa shape index (κ3) is 4.31. The van der Waals surface area contributed by atoms with E-state index >= 15 is 0 Å². The molecule has 1 fully saturated rings. The predicted octanol–water partition coefficient (Wildman–Crippen LogP) is 2.61. The van der Waals surface area contributed by atoms with Gasteiger partial charge in [0.15, 0.2) is 18.1 Å². The van der Waals surface area contributed by atoms with Gasteiger partial charge in [0.25, 0.3) is 11.8 Å². The van der Waals surface area contributed by atoms with Gasteiger partial charge in [0.05, 0.1) is 6.26 Å². The maximum Gasteiger partial charge on any atom is 0.276 e. The van der Waals surface area contributed by atoms with Crippen molar-refractivity contribution in [2.24, 2.45) is 0 Å². The number of carbonyl (C=O) groups is 2. The van der Waals surface area contributed by atoms with E-state index in [0.717, 1.165) is 5.56 Å². The molecule has 1 aromatic carbocycles. The van der Waals surface area contributed by atoms with Gasteiger partial charge in [-0.1, -0.05) is 22.9 Å². The summed E-state index contributed by atoms with van der Waals surface area (Å²) in [6.07, 6.45) is 1.53. The number of rotatable bonds is 5. The molecule has 29 heavy (non-hydrogen) atoms. The average molecular weight is 395 g/mol. The molecule has 3 heterocycles. The number of hydrogen-bond donors (Lipinski definition) is 0. The summed E-state index contributed by atoms with van der Waals surface area (Å²) in [5.41, 5.74) is 1.35. The maximum absolute atomic E-state index is 12.6.